The van der Waals surface area contributed by atoms with Crippen molar-refractivity contribution < 1.29 is 4.79 Å². The minimum absolute atomic E-state index is 0.0736. The summed E-state index contributed by atoms with van der Waals surface area (Å²) in [5, 5.41) is 7.07. The zero-order valence-electron chi connectivity index (χ0n) is 11.6. The average Bonchev–Trinajstić information content (AvgIpc) is 2.33. The fourth-order valence-electron chi connectivity index (χ4n) is 2.56. The molecule has 2 rings (SSSR count). The van der Waals surface area contributed by atoms with Crippen LogP contribution in [0.2, 0.25) is 10.0 Å². The fourth-order valence-corrected chi connectivity index (χ4v) is 2.91. The van der Waals surface area contributed by atoms with Crippen molar-refractivity contribution in [3.8, 4) is 0 Å². The van der Waals surface area contributed by atoms with E-state index in [1.54, 1.807) is 18.2 Å². The number of carbonyl (C=O) groups excluding carboxylic acids is 1. The van der Waals surface area contributed by atoms with Crippen molar-refractivity contribution in [3.63, 3.8) is 0 Å². The fraction of sp³-hybridized carbons (Fsp3) is 0.500. The smallest absolute Gasteiger partial charge is 0.238 e. The molecule has 2 unspecified atom stereocenters. The van der Waals surface area contributed by atoms with Crippen molar-refractivity contribution in [1.82, 2.24) is 10.2 Å². The molecule has 1 amide bonds. The standard InChI is InChI=1S/C14H19Cl2N3O/c1-9-6-19(7-10(2)17-9)8-13(20)18-12-5-3-4-11(15)14(12)16/h3-5,9-10,17H,6-8H2,1-2H3,(H,18,20). The minimum atomic E-state index is -0.0736. The molecule has 0 spiro atoms. The number of benzene rings is 1. The Balaban J connectivity index is 1.94. The molecule has 20 heavy (non-hydrogen) atoms. The molecule has 0 saturated carbocycles. The van der Waals surface area contributed by atoms with Gasteiger partial charge >= 0.3 is 0 Å². The molecule has 2 atom stereocenters. The van der Waals surface area contributed by atoms with Crippen LogP contribution in [0.3, 0.4) is 0 Å². The average molecular weight is 316 g/mol. The van der Waals surface area contributed by atoms with E-state index < -0.39 is 0 Å². The van der Waals surface area contributed by atoms with Crippen LogP contribution >= 0.6 is 23.2 Å². The molecule has 0 bridgehead atoms. The van der Waals surface area contributed by atoms with Gasteiger partial charge in [0.2, 0.25) is 5.91 Å². The lowest BCUT2D eigenvalue weighted by atomic mass is 10.1. The van der Waals surface area contributed by atoms with Crippen molar-refractivity contribution in [2.45, 2.75) is 25.9 Å². The van der Waals surface area contributed by atoms with Gasteiger partial charge in [-0.2, -0.15) is 0 Å². The zero-order chi connectivity index (χ0) is 14.7. The van der Waals surface area contributed by atoms with Gasteiger partial charge in [-0.1, -0.05) is 29.3 Å². The Morgan fingerprint density at radius 1 is 1.35 bits per heavy atom. The quantitative estimate of drug-likeness (QED) is 0.901. The normalized spacial score (nSPS) is 23.6. The molecule has 0 radical (unpaired) electrons. The number of hydrogen-bond donors (Lipinski definition) is 2. The Bertz CT molecular complexity index is 485. The van der Waals surface area contributed by atoms with Gasteiger partial charge in [0.05, 0.1) is 22.3 Å². The highest BCUT2D eigenvalue weighted by molar-refractivity contribution is 6.43. The molecule has 1 heterocycles. The molecule has 2 N–H and O–H groups in total. The Hall–Kier alpha value is -0.810. The first kappa shape index (κ1) is 15.6. The van der Waals surface area contributed by atoms with E-state index in [1.807, 2.05) is 0 Å². The van der Waals surface area contributed by atoms with Crippen molar-refractivity contribution >= 4 is 34.8 Å². The number of amides is 1. The molecule has 110 valence electrons. The number of rotatable bonds is 3. The van der Waals surface area contributed by atoms with E-state index in [2.05, 4.69) is 29.4 Å². The van der Waals surface area contributed by atoms with Crippen LogP contribution < -0.4 is 10.6 Å². The lowest BCUT2D eigenvalue weighted by molar-refractivity contribution is -0.117. The van der Waals surface area contributed by atoms with Crippen LogP contribution in [-0.4, -0.2) is 42.5 Å². The maximum atomic E-state index is 12.1. The molecule has 0 aromatic heterocycles. The van der Waals surface area contributed by atoms with Gasteiger partial charge in [-0.3, -0.25) is 9.69 Å². The lowest BCUT2D eigenvalue weighted by Gasteiger charge is -2.35. The molecule has 4 nitrogen and oxygen atoms in total. The second kappa shape index (κ2) is 6.76. The molecule has 1 aliphatic heterocycles. The van der Waals surface area contributed by atoms with Crippen LogP contribution in [-0.2, 0) is 4.79 Å². The number of nitrogens with one attached hydrogen (secondary N) is 2. The maximum absolute atomic E-state index is 12.1. The molecule has 0 aliphatic carbocycles. The number of hydrogen-bond acceptors (Lipinski definition) is 3. The highest BCUT2D eigenvalue weighted by Gasteiger charge is 2.22. The number of nitrogens with zero attached hydrogens (tertiary/aromatic N) is 1. The monoisotopic (exact) mass is 315 g/mol. The molecular formula is C14H19Cl2N3O. The van der Waals surface area contributed by atoms with E-state index in [0.717, 1.165) is 13.1 Å². The van der Waals surface area contributed by atoms with E-state index in [1.165, 1.54) is 0 Å². The molecule has 1 aromatic carbocycles. The van der Waals surface area contributed by atoms with Gasteiger partial charge in [-0.05, 0) is 26.0 Å². The second-order valence-corrected chi connectivity index (χ2v) is 6.10. The third-order valence-corrected chi connectivity index (χ3v) is 4.04. The third kappa shape index (κ3) is 4.09. The Kier molecular flexibility index (Phi) is 5.27. The van der Waals surface area contributed by atoms with E-state index in [0.29, 0.717) is 34.4 Å². The third-order valence-electron chi connectivity index (χ3n) is 3.23. The molecule has 6 heteroatoms. The summed E-state index contributed by atoms with van der Waals surface area (Å²) in [7, 11) is 0. The van der Waals surface area contributed by atoms with Crippen LogP contribution in [0.1, 0.15) is 13.8 Å². The first-order valence-electron chi connectivity index (χ1n) is 6.68. The largest absolute Gasteiger partial charge is 0.324 e. The van der Waals surface area contributed by atoms with Gasteiger partial charge in [-0.25, -0.2) is 0 Å². The summed E-state index contributed by atoms with van der Waals surface area (Å²) in [5.74, 6) is -0.0736. The lowest BCUT2D eigenvalue weighted by Crippen LogP contribution is -2.55. The number of halogens is 2. The summed E-state index contributed by atoms with van der Waals surface area (Å²) in [4.78, 5) is 14.2. The summed E-state index contributed by atoms with van der Waals surface area (Å²) in [5.41, 5.74) is 0.556. The van der Waals surface area contributed by atoms with Gasteiger partial charge in [0.1, 0.15) is 0 Å². The summed E-state index contributed by atoms with van der Waals surface area (Å²) in [6.07, 6.45) is 0. The first-order chi connectivity index (χ1) is 9.45. The Morgan fingerprint density at radius 3 is 2.65 bits per heavy atom. The van der Waals surface area contributed by atoms with Crippen LogP contribution in [0.25, 0.3) is 0 Å². The molecular weight excluding hydrogens is 297 g/mol. The van der Waals surface area contributed by atoms with Gasteiger partial charge in [0, 0.05) is 25.2 Å². The van der Waals surface area contributed by atoms with E-state index in [9.17, 15) is 4.79 Å². The minimum Gasteiger partial charge on any atom is -0.324 e. The van der Waals surface area contributed by atoms with Crippen molar-refractivity contribution in [3.05, 3.63) is 28.2 Å². The van der Waals surface area contributed by atoms with E-state index in [-0.39, 0.29) is 5.91 Å². The summed E-state index contributed by atoms with van der Waals surface area (Å²) >= 11 is 12.0. The SMILES string of the molecule is CC1CN(CC(=O)Nc2cccc(Cl)c2Cl)CC(C)N1. The number of carbonyl (C=O) groups is 1. The topological polar surface area (TPSA) is 44.4 Å². The molecule has 1 fully saturated rings. The van der Waals surface area contributed by atoms with Crippen molar-refractivity contribution in [2.75, 3.05) is 25.0 Å². The summed E-state index contributed by atoms with van der Waals surface area (Å²) in [6, 6.07) is 5.98. The summed E-state index contributed by atoms with van der Waals surface area (Å²) < 4.78 is 0. The predicted molar refractivity (Wildman–Crippen MR) is 83.6 cm³/mol. The van der Waals surface area contributed by atoms with Crippen LogP contribution in [0.4, 0.5) is 5.69 Å². The van der Waals surface area contributed by atoms with Gasteiger partial charge in [0.15, 0.2) is 0 Å². The Labute approximate surface area is 129 Å². The molecule has 1 aromatic rings. The van der Waals surface area contributed by atoms with Crippen LogP contribution in [0.15, 0.2) is 18.2 Å². The predicted octanol–water partition coefficient (Wildman–Crippen LogP) is 2.61. The maximum Gasteiger partial charge on any atom is 0.238 e. The van der Waals surface area contributed by atoms with Crippen LogP contribution in [0, 0.1) is 0 Å². The number of piperazine rings is 1. The second-order valence-electron chi connectivity index (χ2n) is 5.31. The van der Waals surface area contributed by atoms with Crippen molar-refractivity contribution in [1.29, 1.82) is 0 Å². The van der Waals surface area contributed by atoms with Gasteiger partial charge in [-0.15, -0.1) is 0 Å². The van der Waals surface area contributed by atoms with Gasteiger partial charge < -0.3 is 10.6 Å². The first-order valence-corrected chi connectivity index (χ1v) is 7.43. The van der Waals surface area contributed by atoms with E-state index in [4.69, 9.17) is 23.2 Å². The van der Waals surface area contributed by atoms with Crippen LogP contribution in [0.5, 0.6) is 0 Å². The number of anilines is 1. The highest BCUT2D eigenvalue weighted by atomic mass is 35.5. The van der Waals surface area contributed by atoms with Crippen molar-refractivity contribution in [2.24, 2.45) is 0 Å². The Morgan fingerprint density at radius 2 is 2.00 bits per heavy atom. The summed E-state index contributed by atoms with van der Waals surface area (Å²) in [6.45, 7) is 6.32. The van der Waals surface area contributed by atoms with Gasteiger partial charge in [0.25, 0.3) is 0 Å². The molecule has 1 saturated heterocycles. The molecule has 1 aliphatic rings. The van der Waals surface area contributed by atoms with E-state index >= 15 is 0 Å². The highest BCUT2D eigenvalue weighted by Crippen LogP contribution is 2.29. The zero-order valence-corrected chi connectivity index (χ0v) is 13.1.